The number of aromatic nitrogens is 1. The Morgan fingerprint density at radius 3 is 2.65 bits per heavy atom. The van der Waals surface area contributed by atoms with Crippen molar-refractivity contribution < 1.29 is 9.47 Å². The molecule has 3 heterocycles. The lowest BCUT2D eigenvalue weighted by molar-refractivity contribution is 0.171. The highest BCUT2D eigenvalue weighted by Gasteiger charge is 2.31. The van der Waals surface area contributed by atoms with Crippen LogP contribution in [0, 0.1) is 0 Å². The molecule has 0 atom stereocenters. The van der Waals surface area contributed by atoms with Gasteiger partial charge in [-0.2, -0.15) is 0 Å². The molecule has 2 aliphatic heterocycles. The first kappa shape index (κ1) is 22.9. The summed E-state index contributed by atoms with van der Waals surface area (Å²) in [5, 5.41) is 0.803. The number of likely N-dealkylation sites (tertiary alicyclic amines) is 1. The molecule has 5 rings (SSSR count). The molecule has 0 aliphatic carbocycles. The topological polar surface area (TPSA) is 34.6 Å². The van der Waals surface area contributed by atoms with Gasteiger partial charge in [0.1, 0.15) is 18.1 Å². The van der Waals surface area contributed by atoms with Crippen molar-refractivity contribution in [1.29, 1.82) is 0 Å². The second-order valence-electron chi connectivity index (χ2n) is 9.46. The number of methoxy groups -OCH3 is 1. The van der Waals surface area contributed by atoms with Crippen molar-refractivity contribution in [1.82, 2.24) is 9.88 Å². The Hall–Kier alpha value is -2.82. The van der Waals surface area contributed by atoms with E-state index in [2.05, 4.69) is 47.1 Å². The fraction of sp³-hybridized carbons (Fsp3) is 0.345. The first-order valence-electron chi connectivity index (χ1n) is 12.0. The molecule has 176 valence electrons. The molecule has 2 aromatic carbocycles. The van der Waals surface area contributed by atoms with Crippen molar-refractivity contribution >= 4 is 17.2 Å². The van der Waals surface area contributed by atoms with Gasteiger partial charge >= 0.3 is 0 Å². The minimum Gasteiger partial charge on any atom is -0.497 e. The van der Waals surface area contributed by atoms with E-state index in [0.717, 1.165) is 72.2 Å². The van der Waals surface area contributed by atoms with Gasteiger partial charge in [-0.05, 0) is 85.3 Å². The predicted octanol–water partition coefficient (Wildman–Crippen LogP) is 6.51. The van der Waals surface area contributed by atoms with Crippen LogP contribution in [-0.4, -0.2) is 36.6 Å². The van der Waals surface area contributed by atoms with Crippen molar-refractivity contribution in [3.05, 3.63) is 94.3 Å². The summed E-state index contributed by atoms with van der Waals surface area (Å²) in [6.45, 7) is 6.11. The summed E-state index contributed by atoms with van der Waals surface area (Å²) in [4.78, 5) is 7.17. The number of rotatable bonds is 5. The Balaban J connectivity index is 1.31. The molecule has 0 unspecified atom stereocenters. The molecule has 1 saturated heterocycles. The number of hydrogen-bond donors (Lipinski definition) is 0. The maximum atomic E-state index is 6.10. The van der Waals surface area contributed by atoms with Gasteiger partial charge in [-0.15, -0.1) is 0 Å². The number of halogens is 1. The lowest BCUT2D eigenvalue weighted by Gasteiger charge is -2.40. The van der Waals surface area contributed by atoms with Gasteiger partial charge in [0.15, 0.2) is 0 Å². The molecule has 3 aromatic rings. The third-order valence-electron chi connectivity index (χ3n) is 7.32. The van der Waals surface area contributed by atoms with Gasteiger partial charge in [0.05, 0.1) is 12.8 Å². The van der Waals surface area contributed by atoms with Crippen LogP contribution in [0.25, 0.3) is 5.57 Å². The molecule has 5 heteroatoms. The van der Waals surface area contributed by atoms with Crippen LogP contribution in [0.3, 0.4) is 0 Å². The minimum absolute atomic E-state index is 0.221. The van der Waals surface area contributed by atoms with Crippen LogP contribution in [-0.2, 0) is 12.0 Å². The summed E-state index contributed by atoms with van der Waals surface area (Å²) < 4.78 is 11.6. The molecule has 0 N–H and O–H groups in total. The van der Waals surface area contributed by atoms with Crippen molar-refractivity contribution in [3.8, 4) is 11.5 Å². The van der Waals surface area contributed by atoms with Crippen LogP contribution in [0.15, 0.2) is 66.9 Å². The molecular formula is C29H31ClN2O2. The van der Waals surface area contributed by atoms with Crippen molar-refractivity contribution in [2.24, 2.45) is 0 Å². The summed E-state index contributed by atoms with van der Waals surface area (Å²) >= 11 is 6.10. The Morgan fingerprint density at radius 1 is 1.09 bits per heavy atom. The molecule has 4 nitrogen and oxygen atoms in total. The number of pyridine rings is 1. The van der Waals surface area contributed by atoms with Gasteiger partial charge in [0, 0.05) is 28.9 Å². The van der Waals surface area contributed by atoms with Crippen LogP contribution in [0.2, 0.25) is 5.02 Å². The SMILES string of the molecule is COc1ccc2c(c1)/C(=C\CCN1CCC(C)(c3ccc(Cl)cc3)CC1)c1cccnc1CO2. The third kappa shape index (κ3) is 4.70. The molecule has 0 radical (unpaired) electrons. The van der Waals surface area contributed by atoms with E-state index in [1.54, 1.807) is 7.11 Å². The van der Waals surface area contributed by atoms with E-state index in [4.69, 9.17) is 21.1 Å². The summed E-state index contributed by atoms with van der Waals surface area (Å²) in [7, 11) is 1.70. The van der Waals surface area contributed by atoms with E-state index >= 15 is 0 Å². The smallest absolute Gasteiger partial charge is 0.131 e. The number of hydrogen-bond acceptors (Lipinski definition) is 4. The first-order valence-corrected chi connectivity index (χ1v) is 12.4. The van der Waals surface area contributed by atoms with Crippen molar-refractivity contribution in [3.63, 3.8) is 0 Å². The van der Waals surface area contributed by atoms with E-state index in [1.165, 1.54) is 11.1 Å². The Bertz CT molecular complexity index is 1180. The van der Waals surface area contributed by atoms with E-state index < -0.39 is 0 Å². The summed E-state index contributed by atoms with van der Waals surface area (Å²) in [5.74, 6) is 1.71. The zero-order chi connectivity index (χ0) is 23.5. The maximum absolute atomic E-state index is 6.10. The minimum atomic E-state index is 0.221. The van der Waals surface area contributed by atoms with E-state index in [-0.39, 0.29) is 5.41 Å². The van der Waals surface area contributed by atoms with E-state index in [0.29, 0.717) is 6.61 Å². The first-order chi connectivity index (χ1) is 16.6. The molecular weight excluding hydrogens is 444 g/mol. The Labute approximate surface area is 207 Å². The molecule has 34 heavy (non-hydrogen) atoms. The highest BCUT2D eigenvalue weighted by Crippen LogP contribution is 2.39. The van der Waals surface area contributed by atoms with Crippen LogP contribution in [0.1, 0.15) is 48.6 Å². The van der Waals surface area contributed by atoms with Crippen molar-refractivity contribution in [2.75, 3.05) is 26.7 Å². The largest absolute Gasteiger partial charge is 0.497 e. The average molecular weight is 475 g/mol. The standard InChI is InChI=1S/C29H31ClN2O2/c1-29(21-7-9-22(30)10-8-21)13-17-32(18-14-29)16-4-6-24-25-5-3-15-31-27(25)20-34-28-12-11-23(33-2)19-26(24)28/h3,5-12,15,19H,4,13-14,16-18,20H2,1-2H3/b24-6-. The predicted molar refractivity (Wildman–Crippen MR) is 138 cm³/mol. The Kier molecular flexibility index (Phi) is 6.62. The summed E-state index contributed by atoms with van der Waals surface area (Å²) in [6, 6.07) is 18.6. The summed E-state index contributed by atoms with van der Waals surface area (Å²) in [6.07, 6.45) is 7.47. The number of fused-ring (bicyclic) bond motifs is 2. The van der Waals surface area contributed by atoms with Gasteiger partial charge < -0.3 is 14.4 Å². The quantitative estimate of drug-likeness (QED) is 0.422. The van der Waals surface area contributed by atoms with Crippen LogP contribution >= 0.6 is 11.6 Å². The molecule has 1 aromatic heterocycles. The van der Waals surface area contributed by atoms with Gasteiger partial charge in [0.2, 0.25) is 0 Å². The van der Waals surface area contributed by atoms with Gasteiger partial charge in [-0.3, -0.25) is 4.98 Å². The highest BCUT2D eigenvalue weighted by atomic mass is 35.5. The van der Waals surface area contributed by atoms with Crippen LogP contribution in [0.5, 0.6) is 11.5 Å². The van der Waals surface area contributed by atoms with E-state index in [1.807, 2.05) is 36.5 Å². The second-order valence-corrected chi connectivity index (χ2v) is 9.90. The van der Waals surface area contributed by atoms with Crippen LogP contribution < -0.4 is 9.47 Å². The van der Waals surface area contributed by atoms with Crippen LogP contribution in [0.4, 0.5) is 0 Å². The molecule has 0 spiro atoms. The second kappa shape index (κ2) is 9.81. The van der Waals surface area contributed by atoms with Gasteiger partial charge in [-0.25, -0.2) is 0 Å². The molecule has 2 aliphatic rings. The number of nitrogens with zero attached hydrogens (tertiary/aromatic N) is 2. The highest BCUT2D eigenvalue weighted by molar-refractivity contribution is 6.30. The monoisotopic (exact) mass is 474 g/mol. The zero-order valence-corrected chi connectivity index (χ0v) is 20.6. The lowest BCUT2D eigenvalue weighted by Crippen LogP contribution is -2.41. The molecule has 0 bridgehead atoms. The fourth-order valence-corrected chi connectivity index (χ4v) is 5.21. The molecule has 0 saturated carbocycles. The zero-order valence-electron chi connectivity index (χ0n) is 19.9. The number of benzene rings is 2. The van der Waals surface area contributed by atoms with Gasteiger partial charge in [0.25, 0.3) is 0 Å². The van der Waals surface area contributed by atoms with E-state index in [9.17, 15) is 0 Å². The lowest BCUT2D eigenvalue weighted by atomic mass is 9.74. The summed E-state index contributed by atoms with van der Waals surface area (Å²) in [5.41, 5.74) is 5.98. The normalized spacial score (nSPS) is 18.5. The van der Waals surface area contributed by atoms with Gasteiger partial charge in [-0.1, -0.05) is 42.8 Å². The number of piperidine rings is 1. The average Bonchev–Trinajstić information content (AvgIpc) is 3.02. The van der Waals surface area contributed by atoms with Crippen molar-refractivity contribution in [2.45, 2.75) is 38.2 Å². The number of ether oxygens (including phenoxy) is 2. The molecule has 1 fully saturated rings. The third-order valence-corrected chi connectivity index (χ3v) is 7.57. The molecule has 0 amide bonds. The maximum Gasteiger partial charge on any atom is 0.131 e. The fourth-order valence-electron chi connectivity index (χ4n) is 5.08. The Morgan fingerprint density at radius 2 is 1.88 bits per heavy atom.